The third-order valence-electron chi connectivity index (χ3n) is 5.55. The van der Waals surface area contributed by atoms with Gasteiger partial charge in [0.2, 0.25) is 0 Å². The molecule has 160 valence electrons. The lowest BCUT2D eigenvalue weighted by atomic mass is 10.1. The number of hydrogen-bond donors (Lipinski definition) is 2. The van der Waals surface area contributed by atoms with Crippen LogP contribution in [0, 0.1) is 0 Å². The number of thiocarbonyl (C=S) groups is 1. The molecule has 8 nitrogen and oxygen atoms in total. The molecule has 0 bridgehead atoms. The molecule has 0 atom stereocenters. The molecule has 0 unspecified atom stereocenters. The maximum atomic E-state index is 12.2. The Balaban J connectivity index is 1.32. The second-order valence-corrected chi connectivity index (χ2v) is 7.97. The van der Waals surface area contributed by atoms with Gasteiger partial charge in [0.05, 0.1) is 19.2 Å². The number of methoxy groups -OCH3 is 1. The first-order valence-electron chi connectivity index (χ1n) is 10.2. The van der Waals surface area contributed by atoms with Gasteiger partial charge < -0.3 is 29.5 Å². The van der Waals surface area contributed by atoms with Crippen molar-refractivity contribution >= 4 is 23.4 Å². The summed E-state index contributed by atoms with van der Waals surface area (Å²) < 4.78 is 16.0. The molecular formula is C21H26N4O4S. The zero-order valence-corrected chi connectivity index (χ0v) is 17.8. The van der Waals surface area contributed by atoms with Crippen molar-refractivity contribution < 1.29 is 18.8 Å². The fourth-order valence-corrected chi connectivity index (χ4v) is 4.05. The van der Waals surface area contributed by atoms with Crippen LogP contribution < -0.4 is 20.1 Å². The van der Waals surface area contributed by atoms with Crippen LogP contribution in [0.3, 0.4) is 0 Å². The number of fused-ring (bicyclic) bond motifs is 1. The van der Waals surface area contributed by atoms with Crippen LogP contribution in [0.2, 0.25) is 0 Å². The van der Waals surface area contributed by atoms with Gasteiger partial charge in [0.15, 0.2) is 5.11 Å². The van der Waals surface area contributed by atoms with Crippen molar-refractivity contribution in [3.63, 3.8) is 0 Å². The smallest absolute Gasteiger partial charge is 0.414 e. The molecule has 4 rings (SSSR count). The second kappa shape index (κ2) is 9.34. The van der Waals surface area contributed by atoms with Crippen molar-refractivity contribution in [1.82, 2.24) is 20.7 Å². The second-order valence-electron chi connectivity index (χ2n) is 7.58. The third kappa shape index (κ3) is 4.84. The molecule has 1 aromatic carbocycles. The van der Waals surface area contributed by atoms with Crippen LogP contribution in [0.4, 0.5) is 4.79 Å². The van der Waals surface area contributed by atoms with Gasteiger partial charge in [0.1, 0.15) is 11.5 Å². The summed E-state index contributed by atoms with van der Waals surface area (Å²) in [5.74, 6) is 1.79. The van der Waals surface area contributed by atoms with Crippen LogP contribution >= 0.6 is 12.2 Å². The Labute approximate surface area is 180 Å². The normalized spacial score (nSPS) is 16.1. The molecule has 1 aliphatic carbocycles. The van der Waals surface area contributed by atoms with E-state index in [4.69, 9.17) is 26.2 Å². The predicted octanol–water partition coefficient (Wildman–Crippen LogP) is 3.15. The van der Waals surface area contributed by atoms with Gasteiger partial charge in [0, 0.05) is 25.6 Å². The Morgan fingerprint density at radius 2 is 2.07 bits per heavy atom. The summed E-state index contributed by atoms with van der Waals surface area (Å²) >= 11 is 5.57. The van der Waals surface area contributed by atoms with Crippen LogP contribution in [0.1, 0.15) is 42.6 Å². The number of rotatable bonds is 5. The number of carbonyl (C=O) groups is 1. The van der Waals surface area contributed by atoms with Crippen molar-refractivity contribution in [1.29, 1.82) is 0 Å². The number of aromatic nitrogens is 1. The number of nitrogens with one attached hydrogen (secondary N) is 2. The molecular weight excluding hydrogens is 404 g/mol. The minimum absolute atomic E-state index is 0.187. The molecule has 0 spiro atoms. The highest BCUT2D eigenvalue weighted by molar-refractivity contribution is 7.80. The zero-order chi connectivity index (χ0) is 20.9. The molecule has 1 saturated carbocycles. The lowest BCUT2D eigenvalue weighted by molar-refractivity contribution is 0.191. The Morgan fingerprint density at radius 1 is 1.30 bits per heavy atom. The maximum absolute atomic E-state index is 12.2. The fourth-order valence-electron chi connectivity index (χ4n) is 3.83. The van der Waals surface area contributed by atoms with E-state index in [1.807, 2.05) is 29.2 Å². The van der Waals surface area contributed by atoms with Crippen LogP contribution in [-0.2, 0) is 19.5 Å². The minimum Gasteiger partial charge on any atom is -0.497 e. The summed E-state index contributed by atoms with van der Waals surface area (Å²) in [4.78, 5) is 14.2. The van der Waals surface area contributed by atoms with Crippen LogP contribution in [0.15, 0.2) is 28.8 Å². The van der Waals surface area contributed by atoms with Gasteiger partial charge in [0.25, 0.3) is 5.88 Å². The predicted molar refractivity (Wildman–Crippen MR) is 114 cm³/mol. The average molecular weight is 431 g/mol. The molecule has 0 radical (unpaired) electrons. The monoisotopic (exact) mass is 430 g/mol. The van der Waals surface area contributed by atoms with E-state index in [2.05, 4.69) is 15.8 Å². The molecule has 9 heteroatoms. The van der Waals surface area contributed by atoms with E-state index < -0.39 is 6.09 Å². The van der Waals surface area contributed by atoms with E-state index in [1.54, 1.807) is 7.11 Å². The zero-order valence-electron chi connectivity index (χ0n) is 17.0. The quantitative estimate of drug-likeness (QED) is 0.700. The van der Waals surface area contributed by atoms with Gasteiger partial charge in [-0.25, -0.2) is 4.79 Å². The highest BCUT2D eigenvalue weighted by Gasteiger charge is 2.28. The van der Waals surface area contributed by atoms with Gasteiger partial charge >= 0.3 is 6.09 Å². The summed E-state index contributed by atoms with van der Waals surface area (Å²) in [7, 11) is 1.65. The van der Waals surface area contributed by atoms with Crippen LogP contribution in [0.5, 0.6) is 11.6 Å². The molecule has 2 aliphatic rings. The standard InChI is InChI=1S/C21H26N4O4S/c1-27-16-8-6-14(7-9-16)12-22-20(30)25-11-10-18-17(13-25)19(24-29-18)28-21(26)23-15-4-2-3-5-15/h6-9,15H,2-5,10-13H2,1H3,(H,22,30)(H,23,26). The molecule has 2 N–H and O–H groups in total. The SMILES string of the molecule is COc1ccc(CNC(=S)N2CCc3onc(OC(=O)NC4CCCC4)c3C2)cc1. The molecule has 1 fully saturated rings. The highest BCUT2D eigenvalue weighted by Crippen LogP contribution is 2.28. The van der Waals surface area contributed by atoms with Crippen LogP contribution in [-0.4, -0.2) is 41.0 Å². The molecule has 30 heavy (non-hydrogen) atoms. The van der Waals surface area contributed by atoms with E-state index in [1.165, 1.54) is 0 Å². The van der Waals surface area contributed by atoms with Gasteiger partial charge in [-0.3, -0.25) is 0 Å². The Kier molecular flexibility index (Phi) is 6.37. The summed E-state index contributed by atoms with van der Waals surface area (Å²) in [6.07, 6.45) is 4.44. The first kappa shape index (κ1) is 20.5. The summed E-state index contributed by atoms with van der Waals surface area (Å²) in [6, 6.07) is 8.02. The maximum Gasteiger partial charge on any atom is 0.414 e. The van der Waals surface area contributed by atoms with Gasteiger partial charge in [-0.1, -0.05) is 25.0 Å². The fraction of sp³-hybridized carbons (Fsp3) is 0.476. The number of amides is 1. The molecule has 0 saturated heterocycles. The third-order valence-corrected chi connectivity index (χ3v) is 5.95. The van der Waals surface area contributed by atoms with Crippen molar-refractivity contribution in [2.45, 2.75) is 51.2 Å². The Hall–Kier alpha value is -2.81. The molecule has 2 aromatic rings. The molecule has 1 aromatic heterocycles. The van der Waals surface area contributed by atoms with Crippen LogP contribution in [0.25, 0.3) is 0 Å². The van der Waals surface area contributed by atoms with E-state index >= 15 is 0 Å². The average Bonchev–Trinajstić information content (AvgIpc) is 3.42. The van der Waals surface area contributed by atoms with E-state index in [0.717, 1.165) is 48.3 Å². The summed E-state index contributed by atoms with van der Waals surface area (Å²) in [5.41, 5.74) is 1.88. The number of hydrogen-bond acceptors (Lipinski definition) is 6. The number of benzene rings is 1. The van der Waals surface area contributed by atoms with E-state index in [-0.39, 0.29) is 11.9 Å². The molecule has 1 aliphatic heterocycles. The highest BCUT2D eigenvalue weighted by atomic mass is 32.1. The van der Waals surface area contributed by atoms with Gasteiger partial charge in [-0.2, -0.15) is 0 Å². The lowest BCUT2D eigenvalue weighted by Crippen LogP contribution is -2.42. The topological polar surface area (TPSA) is 88.9 Å². The molecule has 1 amide bonds. The van der Waals surface area contributed by atoms with Crippen molar-refractivity contribution in [3.8, 4) is 11.6 Å². The van der Waals surface area contributed by atoms with E-state index in [0.29, 0.717) is 31.2 Å². The van der Waals surface area contributed by atoms with Gasteiger partial charge in [-0.05, 0) is 47.9 Å². The van der Waals surface area contributed by atoms with Crippen molar-refractivity contribution in [2.75, 3.05) is 13.7 Å². The van der Waals surface area contributed by atoms with E-state index in [9.17, 15) is 4.79 Å². The number of ether oxygens (including phenoxy) is 2. The summed E-state index contributed by atoms with van der Waals surface area (Å²) in [6.45, 7) is 1.81. The Bertz CT molecular complexity index is 893. The minimum atomic E-state index is -0.477. The van der Waals surface area contributed by atoms with Crippen molar-refractivity contribution in [3.05, 3.63) is 41.2 Å². The number of carbonyl (C=O) groups excluding carboxylic acids is 1. The molecule has 2 heterocycles. The first-order valence-corrected chi connectivity index (χ1v) is 10.6. The Morgan fingerprint density at radius 3 is 2.80 bits per heavy atom. The van der Waals surface area contributed by atoms with Gasteiger partial charge in [-0.15, -0.1) is 0 Å². The number of nitrogens with zero attached hydrogens (tertiary/aromatic N) is 2. The largest absolute Gasteiger partial charge is 0.497 e. The van der Waals surface area contributed by atoms with Crippen molar-refractivity contribution in [2.24, 2.45) is 0 Å². The lowest BCUT2D eigenvalue weighted by Gasteiger charge is -2.28. The summed E-state index contributed by atoms with van der Waals surface area (Å²) in [5, 5.41) is 10.8. The first-order chi connectivity index (χ1) is 14.6.